The third-order valence-electron chi connectivity index (χ3n) is 2.19. The molecule has 86 valence electrons. The predicted molar refractivity (Wildman–Crippen MR) is 66.9 cm³/mol. The summed E-state index contributed by atoms with van der Waals surface area (Å²) in [6.07, 6.45) is 0.738. The Balaban J connectivity index is 3.00. The Morgan fingerprint density at radius 3 is 2.62 bits per heavy atom. The monoisotopic (exact) mass is 238 g/mol. The van der Waals surface area contributed by atoms with Crippen LogP contribution in [0.2, 0.25) is 5.15 Å². The lowest BCUT2D eigenvalue weighted by molar-refractivity contribution is 0.112. The largest absolute Gasteiger partial charge is 0.343 e. The standard InChI is InChI=1S/C12H15ClN2O/c1-8(12(2,3)4)14-11-9(7-16)5-6-10(13)15-11/h5-7H,1H2,2-4H3,(H,14,15). The van der Waals surface area contributed by atoms with Crippen molar-refractivity contribution in [2.45, 2.75) is 20.8 Å². The first kappa shape index (κ1) is 12.7. The molecule has 0 bridgehead atoms. The van der Waals surface area contributed by atoms with Gasteiger partial charge < -0.3 is 5.32 Å². The molecule has 3 nitrogen and oxygen atoms in total. The summed E-state index contributed by atoms with van der Waals surface area (Å²) in [6, 6.07) is 3.21. The minimum atomic E-state index is -0.107. The maximum Gasteiger partial charge on any atom is 0.153 e. The van der Waals surface area contributed by atoms with Crippen LogP contribution in [0, 0.1) is 5.41 Å². The highest BCUT2D eigenvalue weighted by Crippen LogP contribution is 2.26. The number of nitrogens with zero attached hydrogens (tertiary/aromatic N) is 1. The molecule has 0 saturated heterocycles. The zero-order valence-corrected chi connectivity index (χ0v) is 10.4. The molecule has 0 unspecified atom stereocenters. The Morgan fingerprint density at radius 2 is 2.12 bits per heavy atom. The van der Waals surface area contributed by atoms with E-state index in [1.165, 1.54) is 0 Å². The highest BCUT2D eigenvalue weighted by atomic mass is 35.5. The van der Waals surface area contributed by atoms with Crippen molar-refractivity contribution in [3.63, 3.8) is 0 Å². The number of aromatic nitrogens is 1. The van der Waals surface area contributed by atoms with Crippen LogP contribution < -0.4 is 5.32 Å². The van der Waals surface area contributed by atoms with Gasteiger partial charge in [-0.2, -0.15) is 0 Å². The van der Waals surface area contributed by atoms with E-state index in [9.17, 15) is 4.79 Å². The topological polar surface area (TPSA) is 42.0 Å². The molecule has 0 aliphatic heterocycles. The second kappa shape index (κ2) is 4.66. The lowest BCUT2D eigenvalue weighted by Gasteiger charge is -2.23. The molecule has 0 aliphatic rings. The Morgan fingerprint density at radius 1 is 1.50 bits per heavy atom. The fourth-order valence-electron chi connectivity index (χ4n) is 0.972. The van der Waals surface area contributed by atoms with Gasteiger partial charge in [0.2, 0.25) is 0 Å². The van der Waals surface area contributed by atoms with Crippen molar-refractivity contribution < 1.29 is 4.79 Å². The highest BCUT2D eigenvalue weighted by Gasteiger charge is 2.16. The summed E-state index contributed by atoms with van der Waals surface area (Å²) in [6.45, 7) is 9.98. The van der Waals surface area contributed by atoms with E-state index < -0.39 is 0 Å². The number of hydrogen-bond acceptors (Lipinski definition) is 3. The van der Waals surface area contributed by atoms with Crippen LogP contribution in [0.15, 0.2) is 24.4 Å². The Kier molecular flexibility index (Phi) is 3.70. The molecule has 16 heavy (non-hydrogen) atoms. The van der Waals surface area contributed by atoms with Gasteiger partial charge in [-0.1, -0.05) is 39.0 Å². The molecule has 0 atom stereocenters. The van der Waals surface area contributed by atoms with E-state index in [1.54, 1.807) is 12.1 Å². The van der Waals surface area contributed by atoms with Crippen LogP contribution in [0.4, 0.5) is 5.82 Å². The number of carbonyl (C=O) groups excluding carboxylic acids is 1. The normalized spacial score (nSPS) is 11.0. The SMILES string of the molecule is C=C(Nc1nc(Cl)ccc1C=O)C(C)(C)C. The predicted octanol–water partition coefficient (Wildman–Crippen LogP) is 3.52. The van der Waals surface area contributed by atoms with Gasteiger partial charge in [-0.3, -0.25) is 4.79 Å². The number of allylic oxidation sites excluding steroid dienone is 1. The van der Waals surface area contributed by atoms with Crippen molar-refractivity contribution in [2.24, 2.45) is 5.41 Å². The fraction of sp³-hybridized carbons (Fsp3) is 0.333. The molecule has 1 heterocycles. The van der Waals surface area contributed by atoms with Gasteiger partial charge >= 0.3 is 0 Å². The van der Waals surface area contributed by atoms with Gasteiger partial charge in [0.15, 0.2) is 6.29 Å². The lowest BCUT2D eigenvalue weighted by atomic mass is 9.93. The molecule has 0 radical (unpaired) electrons. The molecule has 1 aromatic rings. The molecule has 1 N–H and O–H groups in total. The number of carbonyl (C=O) groups is 1. The van der Waals surface area contributed by atoms with Crippen molar-refractivity contribution in [3.8, 4) is 0 Å². The van der Waals surface area contributed by atoms with Crippen molar-refractivity contribution in [1.82, 2.24) is 4.98 Å². The first-order valence-electron chi connectivity index (χ1n) is 4.92. The maximum absolute atomic E-state index is 10.8. The molecule has 0 amide bonds. The number of hydrogen-bond donors (Lipinski definition) is 1. The second-order valence-corrected chi connectivity index (χ2v) is 4.93. The summed E-state index contributed by atoms with van der Waals surface area (Å²) in [4.78, 5) is 14.9. The molecule has 0 aromatic carbocycles. The summed E-state index contributed by atoms with van der Waals surface area (Å²) in [5, 5.41) is 3.36. The van der Waals surface area contributed by atoms with Gasteiger partial charge in [-0.15, -0.1) is 0 Å². The van der Waals surface area contributed by atoms with Gasteiger partial charge in [-0.25, -0.2) is 4.98 Å². The third kappa shape index (κ3) is 3.07. The van der Waals surface area contributed by atoms with E-state index in [4.69, 9.17) is 11.6 Å². The lowest BCUT2D eigenvalue weighted by Crippen LogP contribution is -2.17. The minimum absolute atomic E-state index is 0.107. The van der Waals surface area contributed by atoms with Gasteiger partial charge in [-0.05, 0) is 12.1 Å². The summed E-state index contributed by atoms with van der Waals surface area (Å²) >= 11 is 5.77. The number of pyridine rings is 1. The first-order chi connectivity index (χ1) is 7.34. The number of anilines is 1. The summed E-state index contributed by atoms with van der Waals surface area (Å²) < 4.78 is 0. The smallest absolute Gasteiger partial charge is 0.153 e. The molecule has 1 aromatic heterocycles. The molecule has 0 fully saturated rings. The van der Waals surface area contributed by atoms with Crippen LogP contribution in [-0.2, 0) is 0 Å². The van der Waals surface area contributed by atoms with E-state index >= 15 is 0 Å². The Labute approximate surface area is 101 Å². The molecule has 1 rings (SSSR count). The van der Waals surface area contributed by atoms with Crippen LogP contribution in [0.5, 0.6) is 0 Å². The van der Waals surface area contributed by atoms with E-state index in [2.05, 4.69) is 16.9 Å². The number of aldehydes is 1. The van der Waals surface area contributed by atoms with Gasteiger partial charge in [0.05, 0.1) is 5.56 Å². The van der Waals surface area contributed by atoms with Crippen LogP contribution in [-0.4, -0.2) is 11.3 Å². The number of nitrogens with one attached hydrogen (secondary N) is 1. The quantitative estimate of drug-likeness (QED) is 0.647. The van der Waals surface area contributed by atoms with E-state index in [0.717, 1.165) is 12.0 Å². The number of halogens is 1. The van der Waals surface area contributed by atoms with Crippen LogP contribution in [0.25, 0.3) is 0 Å². The van der Waals surface area contributed by atoms with Crippen molar-refractivity contribution >= 4 is 23.7 Å². The van der Waals surface area contributed by atoms with Crippen LogP contribution in [0.1, 0.15) is 31.1 Å². The summed E-state index contributed by atoms with van der Waals surface area (Å²) in [7, 11) is 0. The molecule has 0 saturated carbocycles. The van der Waals surface area contributed by atoms with E-state index in [-0.39, 0.29) is 5.41 Å². The van der Waals surface area contributed by atoms with Crippen molar-refractivity contribution in [2.75, 3.05) is 5.32 Å². The maximum atomic E-state index is 10.8. The van der Waals surface area contributed by atoms with Crippen LogP contribution in [0.3, 0.4) is 0 Å². The average molecular weight is 239 g/mol. The van der Waals surface area contributed by atoms with Gasteiger partial charge in [0.25, 0.3) is 0 Å². The molecule has 0 aliphatic carbocycles. The fourth-order valence-corrected chi connectivity index (χ4v) is 1.12. The molecule has 4 heteroatoms. The van der Waals surface area contributed by atoms with Crippen molar-refractivity contribution in [3.05, 3.63) is 35.1 Å². The average Bonchev–Trinajstić information content (AvgIpc) is 2.16. The van der Waals surface area contributed by atoms with Crippen molar-refractivity contribution in [1.29, 1.82) is 0 Å². The number of rotatable bonds is 3. The highest BCUT2D eigenvalue weighted by molar-refractivity contribution is 6.29. The second-order valence-electron chi connectivity index (χ2n) is 4.54. The third-order valence-corrected chi connectivity index (χ3v) is 2.40. The summed E-state index contributed by atoms with van der Waals surface area (Å²) in [5.41, 5.74) is 1.14. The zero-order valence-electron chi connectivity index (χ0n) is 9.67. The minimum Gasteiger partial charge on any atom is -0.343 e. The summed E-state index contributed by atoms with van der Waals surface area (Å²) in [5.74, 6) is 0.447. The Hall–Kier alpha value is -1.35. The zero-order chi connectivity index (χ0) is 12.3. The van der Waals surface area contributed by atoms with Crippen LogP contribution >= 0.6 is 11.6 Å². The first-order valence-corrected chi connectivity index (χ1v) is 5.30. The molecule has 0 spiro atoms. The van der Waals surface area contributed by atoms with E-state index in [1.807, 2.05) is 20.8 Å². The van der Waals surface area contributed by atoms with Gasteiger partial charge in [0.1, 0.15) is 11.0 Å². The molecular weight excluding hydrogens is 224 g/mol. The molecular formula is C12H15ClN2O. The Bertz CT molecular complexity index is 422. The van der Waals surface area contributed by atoms with Gasteiger partial charge in [0, 0.05) is 11.1 Å². The van der Waals surface area contributed by atoms with E-state index in [0.29, 0.717) is 16.5 Å².